The van der Waals surface area contributed by atoms with E-state index < -0.39 is 5.54 Å². The van der Waals surface area contributed by atoms with Crippen molar-refractivity contribution in [2.75, 3.05) is 48.0 Å². The van der Waals surface area contributed by atoms with Gasteiger partial charge in [-0.25, -0.2) is 0 Å². The van der Waals surface area contributed by atoms with Gasteiger partial charge in [-0.2, -0.15) is 0 Å². The number of likely N-dealkylation sites (N-methyl/N-ethyl adjacent to an activating group) is 2. The minimum Gasteiger partial charge on any atom is -0.468 e. The molecule has 108 valence electrons. The van der Waals surface area contributed by atoms with Gasteiger partial charge in [-0.05, 0) is 46.8 Å². The van der Waals surface area contributed by atoms with E-state index in [1.165, 1.54) is 7.11 Å². The maximum Gasteiger partial charge on any atom is 0.325 e. The molecule has 0 saturated carbocycles. The molecule has 1 atom stereocenters. The van der Waals surface area contributed by atoms with Gasteiger partial charge in [-0.3, -0.25) is 4.79 Å². The Morgan fingerprint density at radius 1 is 1.28 bits per heavy atom. The molecule has 0 fully saturated rings. The summed E-state index contributed by atoms with van der Waals surface area (Å²) in [6.07, 6.45) is 2.84. The highest BCUT2D eigenvalue weighted by molar-refractivity contribution is 5.80. The Labute approximate surface area is 111 Å². The highest BCUT2D eigenvalue weighted by Crippen LogP contribution is 2.15. The van der Waals surface area contributed by atoms with Crippen molar-refractivity contribution in [3.05, 3.63) is 0 Å². The van der Waals surface area contributed by atoms with Gasteiger partial charge in [0.15, 0.2) is 0 Å². The number of hydrogen-bond acceptors (Lipinski definition) is 5. The molecule has 0 bridgehead atoms. The molecule has 5 heteroatoms. The second-order valence-corrected chi connectivity index (χ2v) is 4.83. The van der Waals surface area contributed by atoms with Gasteiger partial charge in [-0.15, -0.1) is 0 Å². The lowest BCUT2D eigenvalue weighted by Crippen LogP contribution is -2.48. The Balaban J connectivity index is 3.84. The second-order valence-electron chi connectivity index (χ2n) is 4.83. The molecular weight excluding hydrogens is 232 g/mol. The summed E-state index contributed by atoms with van der Waals surface area (Å²) >= 11 is 0. The Bertz CT molecular complexity index is 236. The zero-order chi connectivity index (χ0) is 14.0. The first-order chi connectivity index (χ1) is 8.50. The Morgan fingerprint density at radius 2 is 1.94 bits per heavy atom. The van der Waals surface area contributed by atoms with Gasteiger partial charge in [-0.1, -0.05) is 0 Å². The molecule has 0 aromatic carbocycles. The average molecular weight is 260 g/mol. The lowest BCUT2D eigenvalue weighted by atomic mass is 9.95. The van der Waals surface area contributed by atoms with E-state index >= 15 is 0 Å². The zero-order valence-corrected chi connectivity index (χ0v) is 12.4. The number of nitrogens with one attached hydrogen (secondary N) is 1. The van der Waals surface area contributed by atoms with Gasteiger partial charge in [0.25, 0.3) is 0 Å². The van der Waals surface area contributed by atoms with Gasteiger partial charge in [0.2, 0.25) is 0 Å². The van der Waals surface area contributed by atoms with Crippen molar-refractivity contribution in [1.29, 1.82) is 0 Å². The summed E-state index contributed by atoms with van der Waals surface area (Å²) in [5.74, 6) is -0.197. The SMILES string of the molecule is CNC(C)(CCCCN(C)CCOC)C(=O)OC. The van der Waals surface area contributed by atoms with Crippen LogP contribution in [0.4, 0.5) is 0 Å². The normalized spacial score (nSPS) is 14.6. The van der Waals surface area contributed by atoms with E-state index in [0.29, 0.717) is 0 Å². The van der Waals surface area contributed by atoms with E-state index in [0.717, 1.165) is 39.0 Å². The van der Waals surface area contributed by atoms with Crippen LogP contribution in [0, 0.1) is 0 Å². The number of carbonyl (C=O) groups is 1. The number of hydrogen-bond donors (Lipinski definition) is 1. The van der Waals surface area contributed by atoms with Crippen LogP contribution in [-0.4, -0.2) is 64.4 Å². The average Bonchev–Trinajstić information content (AvgIpc) is 2.39. The Morgan fingerprint density at radius 3 is 2.44 bits per heavy atom. The molecule has 0 saturated heterocycles. The van der Waals surface area contributed by atoms with Gasteiger partial charge in [0, 0.05) is 13.7 Å². The molecule has 1 unspecified atom stereocenters. The molecule has 0 aromatic rings. The highest BCUT2D eigenvalue weighted by Gasteiger charge is 2.31. The van der Waals surface area contributed by atoms with Gasteiger partial charge in [0.05, 0.1) is 13.7 Å². The third-order valence-corrected chi connectivity index (χ3v) is 3.33. The molecule has 0 rings (SSSR count). The molecule has 0 aliphatic rings. The molecule has 0 aliphatic carbocycles. The minimum atomic E-state index is -0.570. The lowest BCUT2D eigenvalue weighted by molar-refractivity contribution is -0.148. The molecule has 5 nitrogen and oxygen atoms in total. The molecule has 0 aromatic heterocycles. The Kier molecular flexibility index (Phi) is 8.97. The van der Waals surface area contributed by atoms with Crippen LogP contribution in [0.5, 0.6) is 0 Å². The largest absolute Gasteiger partial charge is 0.468 e. The smallest absolute Gasteiger partial charge is 0.325 e. The van der Waals surface area contributed by atoms with Crippen LogP contribution in [0.15, 0.2) is 0 Å². The standard InChI is InChI=1S/C13H28N2O3/c1-13(14-2,12(16)18-5)8-6-7-9-15(3)10-11-17-4/h14H,6-11H2,1-5H3. The van der Waals surface area contributed by atoms with Crippen LogP contribution in [0.2, 0.25) is 0 Å². The van der Waals surface area contributed by atoms with Crippen molar-refractivity contribution in [3.8, 4) is 0 Å². The number of nitrogens with zero attached hydrogens (tertiary/aromatic N) is 1. The first-order valence-electron chi connectivity index (χ1n) is 6.45. The second kappa shape index (κ2) is 9.30. The van der Waals surface area contributed by atoms with E-state index in [-0.39, 0.29) is 5.97 Å². The number of rotatable bonds is 10. The van der Waals surface area contributed by atoms with Crippen molar-refractivity contribution in [3.63, 3.8) is 0 Å². The van der Waals surface area contributed by atoms with Gasteiger partial charge < -0.3 is 19.7 Å². The van der Waals surface area contributed by atoms with E-state index in [4.69, 9.17) is 9.47 Å². The first kappa shape index (κ1) is 17.4. The summed E-state index contributed by atoms with van der Waals surface area (Å²) in [7, 11) is 7.01. The van der Waals surface area contributed by atoms with Gasteiger partial charge >= 0.3 is 5.97 Å². The first-order valence-corrected chi connectivity index (χ1v) is 6.45. The molecule has 0 amide bonds. The number of esters is 1. The van der Waals surface area contributed by atoms with Crippen LogP contribution >= 0.6 is 0 Å². The van der Waals surface area contributed by atoms with Crippen LogP contribution in [0.1, 0.15) is 26.2 Å². The number of methoxy groups -OCH3 is 2. The van der Waals surface area contributed by atoms with E-state index in [1.54, 1.807) is 14.2 Å². The van der Waals surface area contributed by atoms with Crippen molar-refractivity contribution in [1.82, 2.24) is 10.2 Å². The van der Waals surface area contributed by atoms with Crippen LogP contribution in [-0.2, 0) is 14.3 Å². The van der Waals surface area contributed by atoms with Crippen molar-refractivity contribution in [2.24, 2.45) is 0 Å². The molecule has 0 spiro atoms. The van der Waals surface area contributed by atoms with Crippen molar-refractivity contribution >= 4 is 5.97 Å². The maximum absolute atomic E-state index is 11.6. The predicted molar refractivity (Wildman–Crippen MR) is 72.7 cm³/mol. The summed E-state index contributed by atoms with van der Waals surface area (Å²) < 4.78 is 9.83. The molecule has 0 aliphatic heterocycles. The third kappa shape index (κ3) is 6.33. The quantitative estimate of drug-likeness (QED) is 0.467. The lowest BCUT2D eigenvalue weighted by Gasteiger charge is -2.26. The minimum absolute atomic E-state index is 0.197. The number of carbonyl (C=O) groups excluding carboxylic acids is 1. The molecule has 0 heterocycles. The molecule has 0 radical (unpaired) electrons. The van der Waals surface area contributed by atoms with E-state index in [9.17, 15) is 4.79 Å². The fourth-order valence-electron chi connectivity index (χ4n) is 1.77. The summed E-state index contributed by atoms with van der Waals surface area (Å²) in [5.41, 5.74) is -0.570. The maximum atomic E-state index is 11.6. The fraction of sp³-hybridized carbons (Fsp3) is 0.923. The van der Waals surface area contributed by atoms with Crippen LogP contribution < -0.4 is 5.32 Å². The molecule has 18 heavy (non-hydrogen) atoms. The Hall–Kier alpha value is -0.650. The molecular formula is C13H28N2O3. The summed E-state index contributed by atoms with van der Waals surface area (Å²) in [4.78, 5) is 13.9. The van der Waals surface area contributed by atoms with E-state index in [2.05, 4.69) is 17.3 Å². The van der Waals surface area contributed by atoms with Crippen LogP contribution in [0.3, 0.4) is 0 Å². The van der Waals surface area contributed by atoms with Crippen molar-refractivity contribution < 1.29 is 14.3 Å². The van der Waals surface area contributed by atoms with Gasteiger partial charge in [0.1, 0.15) is 5.54 Å². The number of unbranched alkanes of at least 4 members (excludes halogenated alkanes) is 1. The molecule has 1 N–H and O–H groups in total. The monoisotopic (exact) mass is 260 g/mol. The summed E-state index contributed by atoms with van der Waals surface area (Å²) in [6.45, 7) is 4.60. The van der Waals surface area contributed by atoms with Crippen LogP contribution in [0.25, 0.3) is 0 Å². The summed E-state index contributed by atoms with van der Waals surface area (Å²) in [6, 6.07) is 0. The number of ether oxygens (including phenoxy) is 2. The highest BCUT2D eigenvalue weighted by atomic mass is 16.5. The zero-order valence-electron chi connectivity index (χ0n) is 12.4. The van der Waals surface area contributed by atoms with Crippen molar-refractivity contribution in [2.45, 2.75) is 31.7 Å². The topological polar surface area (TPSA) is 50.8 Å². The van der Waals surface area contributed by atoms with E-state index in [1.807, 2.05) is 6.92 Å². The fourth-order valence-corrected chi connectivity index (χ4v) is 1.77. The summed E-state index contributed by atoms with van der Waals surface area (Å²) in [5, 5.41) is 3.04. The third-order valence-electron chi connectivity index (χ3n) is 3.33. The predicted octanol–water partition coefficient (Wildman–Crippen LogP) is 0.886.